The molecule has 2 aliphatic rings. The fraction of sp³-hybridized carbons (Fsp3) is 0.318. The Morgan fingerprint density at radius 2 is 1.88 bits per heavy atom. The summed E-state index contributed by atoms with van der Waals surface area (Å²) >= 11 is 6.29. The van der Waals surface area contributed by atoms with Crippen molar-refractivity contribution >= 4 is 27.3 Å². The van der Waals surface area contributed by atoms with Gasteiger partial charge in [0.2, 0.25) is 26.6 Å². The quantitative estimate of drug-likeness (QED) is 0.565. The summed E-state index contributed by atoms with van der Waals surface area (Å²) < 4.78 is 49.6. The Morgan fingerprint density at radius 3 is 2.66 bits per heavy atom. The van der Waals surface area contributed by atoms with Gasteiger partial charge in [-0.05, 0) is 37.1 Å². The van der Waals surface area contributed by atoms with Gasteiger partial charge in [-0.15, -0.1) is 0 Å². The van der Waals surface area contributed by atoms with Gasteiger partial charge in [-0.1, -0.05) is 23.7 Å². The first kappa shape index (κ1) is 21.1. The first-order chi connectivity index (χ1) is 15.5. The predicted molar refractivity (Wildman–Crippen MR) is 117 cm³/mol. The Kier molecular flexibility index (Phi) is 5.71. The minimum Gasteiger partial charge on any atom is -0.486 e. The fourth-order valence-electron chi connectivity index (χ4n) is 3.66. The van der Waals surface area contributed by atoms with E-state index in [-0.39, 0.29) is 27.8 Å². The van der Waals surface area contributed by atoms with Gasteiger partial charge in [0.15, 0.2) is 11.5 Å². The Bertz CT molecular complexity index is 1240. The van der Waals surface area contributed by atoms with Gasteiger partial charge >= 0.3 is 0 Å². The van der Waals surface area contributed by atoms with Crippen molar-refractivity contribution in [1.82, 2.24) is 4.98 Å². The van der Waals surface area contributed by atoms with Crippen molar-refractivity contribution in [2.75, 3.05) is 31.7 Å². The molecule has 2 aromatic carbocycles. The number of nitrogens with one attached hydrogen (secondary N) is 1. The molecule has 0 saturated carbocycles. The van der Waals surface area contributed by atoms with Crippen LogP contribution >= 0.6 is 11.6 Å². The average Bonchev–Trinajstić information content (AvgIpc) is 3.48. The lowest BCUT2D eigenvalue weighted by Crippen LogP contribution is -2.19. The number of aromatic nitrogens is 1. The Labute approximate surface area is 190 Å². The van der Waals surface area contributed by atoms with E-state index < -0.39 is 9.84 Å². The molecule has 0 amide bonds. The first-order valence-corrected chi connectivity index (χ1v) is 12.1. The number of sulfone groups is 1. The highest BCUT2D eigenvalue weighted by Gasteiger charge is 2.31. The lowest BCUT2D eigenvalue weighted by molar-refractivity contribution is 0.120. The van der Waals surface area contributed by atoms with Crippen LogP contribution in [0.3, 0.4) is 0 Å². The number of anilines is 1. The zero-order chi connectivity index (χ0) is 22.1. The molecule has 8 nitrogen and oxygen atoms in total. The molecule has 5 rings (SSSR count). The summed E-state index contributed by atoms with van der Waals surface area (Å²) in [6.07, 6.45) is 1.84. The number of nitrogens with zero attached hydrogens (tertiary/aromatic N) is 1. The van der Waals surface area contributed by atoms with E-state index >= 15 is 0 Å². The van der Waals surface area contributed by atoms with Crippen molar-refractivity contribution in [3.63, 3.8) is 0 Å². The Morgan fingerprint density at radius 1 is 1.06 bits per heavy atom. The van der Waals surface area contributed by atoms with Crippen LogP contribution in [-0.2, 0) is 14.6 Å². The molecule has 10 heteroatoms. The van der Waals surface area contributed by atoms with Crippen molar-refractivity contribution in [2.45, 2.75) is 28.9 Å². The highest BCUT2D eigenvalue weighted by molar-refractivity contribution is 7.91. The molecular formula is C22H21ClN2O6S. The molecule has 1 atom stereocenters. The summed E-state index contributed by atoms with van der Waals surface area (Å²) in [6.45, 7) is 1.86. The topological polar surface area (TPSA) is 99.9 Å². The van der Waals surface area contributed by atoms with E-state index in [4.69, 9.17) is 30.2 Å². The van der Waals surface area contributed by atoms with Crippen molar-refractivity contribution in [3.05, 3.63) is 47.5 Å². The van der Waals surface area contributed by atoms with E-state index in [0.717, 1.165) is 12.8 Å². The minimum absolute atomic E-state index is 0.0197. The van der Waals surface area contributed by atoms with E-state index in [0.29, 0.717) is 48.5 Å². The van der Waals surface area contributed by atoms with Crippen LogP contribution in [0.2, 0.25) is 5.02 Å². The number of benzene rings is 2. The highest BCUT2D eigenvalue weighted by atomic mass is 35.5. The molecule has 1 N–H and O–H groups in total. The van der Waals surface area contributed by atoms with Crippen LogP contribution in [0.4, 0.5) is 5.88 Å². The third-order valence-electron chi connectivity index (χ3n) is 5.29. The van der Waals surface area contributed by atoms with Crippen molar-refractivity contribution in [2.24, 2.45) is 0 Å². The van der Waals surface area contributed by atoms with Crippen LogP contribution in [0.25, 0.3) is 11.5 Å². The largest absolute Gasteiger partial charge is 0.486 e. The summed E-state index contributed by atoms with van der Waals surface area (Å²) in [4.78, 5) is 4.36. The number of hydrogen-bond acceptors (Lipinski definition) is 8. The highest BCUT2D eigenvalue weighted by Crippen LogP contribution is 2.38. The van der Waals surface area contributed by atoms with Crippen LogP contribution in [0.1, 0.15) is 12.8 Å². The maximum atomic E-state index is 13.5. The van der Waals surface area contributed by atoms with Gasteiger partial charge in [0.05, 0.1) is 21.6 Å². The van der Waals surface area contributed by atoms with Crippen molar-refractivity contribution < 1.29 is 27.0 Å². The molecule has 0 bridgehead atoms. The summed E-state index contributed by atoms with van der Waals surface area (Å²) in [5.41, 5.74) is 0.498. The number of fused-ring (bicyclic) bond motifs is 1. The maximum Gasteiger partial charge on any atom is 0.233 e. The van der Waals surface area contributed by atoms with Gasteiger partial charge < -0.3 is 23.9 Å². The molecular weight excluding hydrogens is 456 g/mol. The third-order valence-corrected chi connectivity index (χ3v) is 7.28. The van der Waals surface area contributed by atoms with Gasteiger partial charge in [0, 0.05) is 19.2 Å². The summed E-state index contributed by atoms with van der Waals surface area (Å²) in [7, 11) is -4.04. The van der Waals surface area contributed by atoms with Crippen LogP contribution < -0.4 is 14.8 Å². The van der Waals surface area contributed by atoms with Gasteiger partial charge in [-0.25, -0.2) is 8.42 Å². The predicted octanol–water partition coefficient (Wildman–Crippen LogP) is 4.19. The number of rotatable bonds is 6. The fourth-order valence-corrected chi connectivity index (χ4v) is 5.17. The van der Waals surface area contributed by atoms with E-state index in [1.165, 1.54) is 12.1 Å². The SMILES string of the molecule is O=S(=O)(c1ccc2c(c1)OCCO2)c1nc(-c2ccccc2Cl)oc1NCC1CCCO1. The van der Waals surface area contributed by atoms with E-state index in [9.17, 15) is 8.42 Å². The van der Waals surface area contributed by atoms with Crippen LogP contribution in [0.15, 0.2) is 56.8 Å². The first-order valence-electron chi connectivity index (χ1n) is 10.3. The van der Waals surface area contributed by atoms with Gasteiger partial charge in [0.1, 0.15) is 13.2 Å². The molecule has 1 aromatic heterocycles. The number of hydrogen-bond donors (Lipinski definition) is 1. The zero-order valence-electron chi connectivity index (χ0n) is 17.0. The Hall–Kier alpha value is -2.75. The number of oxazole rings is 1. The standard InChI is InChI=1S/C22H21ClN2O6S/c23-17-6-2-1-5-16(17)20-25-22(21(31-20)24-13-14-4-3-9-28-14)32(26,27)15-7-8-18-19(12-15)30-11-10-29-18/h1-2,5-8,12,14,24H,3-4,9-11,13H2. The summed E-state index contributed by atoms with van der Waals surface area (Å²) in [5, 5.41) is 3.26. The van der Waals surface area contributed by atoms with Crippen molar-refractivity contribution in [3.8, 4) is 23.0 Å². The molecule has 1 fully saturated rings. The minimum atomic E-state index is -4.04. The molecule has 3 heterocycles. The van der Waals surface area contributed by atoms with Gasteiger partial charge in [-0.3, -0.25) is 0 Å². The maximum absolute atomic E-state index is 13.5. The second kappa shape index (κ2) is 8.65. The lowest BCUT2D eigenvalue weighted by Gasteiger charge is -2.18. The van der Waals surface area contributed by atoms with E-state index in [1.807, 2.05) is 0 Å². The molecule has 0 aliphatic carbocycles. The molecule has 3 aromatic rings. The van der Waals surface area contributed by atoms with E-state index in [2.05, 4.69) is 10.3 Å². The van der Waals surface area contributed by atoms with Crippen LogP contribution in [0, 0.1) is 0 Å². The van der Waals surface area contributed by atoms with Crippen molar-refractivity contribution in [1.29, 1.82) is 0 Å². The second-order valence-electron chi connectivity index (χ2n) is 7.46. The molecule has 0 radical (unpaired) electrons. The molecule has 1 saturated heterocycles. The second-order valence-corrected chi connectivity index (χ2v) is 9.73. The lowest BCUT2D eigenvalue weighted by atomic mass is 10.2. The molecule has 168 valence electrons. The van der Waals surface area contributed by atoms with E-state index in [1.54, 1.807) is 30.3 Å². The summed E-state index contributed by atoms with van der Waals surface area (Å²) in [6, 6.07) is 11.5. The average molecular weight is 477 g/mol. The third kappa shape index (κ3) is 4.03. The molecule has 32 heavy (non-hydrogen) atoms. The Balaban J connectivity index is 1.55. The normalized spacial score (nSPS) is 18.0. The van der Waals surface area contributed by atoms with Crippen LogP contribution in [-0.4, -0.2) is 45.9 Å². The van der Waals surface area contributed by atoms with Crippen LogP contribution in [0.5, 0.6) is 11.5 Å². The monoisotopic (exact) mass is 476 g/mol. The molecule has 1 unspecified atom stereocenters. The molecule has 0 spiro atoms. The zero-order valence-corrected chi connectivity index (χ0v) is 18.6. The number of ether oxygens (including phenoxy) is 3. The van der Waals surface area contributed by atoms with Gasteiger partial charge in [-0.2, -0.15) is 4.98 Å². The summed E-state index contributed by atoms with van der Waals surface area (Å²) in [5.74, 6) is 1.04. The molecule has 2 aliphatic heterocycles. The number of halogens is 1. The smallest absolute Gasteiger partial charge is 0.233 e. The van der Waals surface area contributed by atoms with Gasteiger partial charge in [0.25, 0.3) is 0 Å².